The number of halogens is 1. The standard InChI is InChI=1S/C22H33ClN4O6S2/c23-20-2-1-17(34-20)5-16-35(30,31)24-18-3-7-27(21(18)28)19(4-6-25-8-12-32-13-9-25)22(29)26-10-14-33-15-11-26/h1-2,18-19,24H,3-16H2/t18-,19-/m0/s1. The van der Waals surface area contributed by atoms with Crippen LogP contribution in [0.2, 0.25) is 4.34 Å². The van der Waals surface area contributed by atoms with Gasteiger partial charge in [-0.05, 0) is 31.4 Å². The Morgan fingerprint density at radius 2 is 1.80 bits per heavy atom. The molecule has 196 valence electrons. The Morgan fingerprint density at radius 3 is 2.46 bits per heavy atom. The van der Waals surface area contributed by atoms with Gasteiger partial charge in [0.15, 0.2) is 0 Å². The minimum Gasteiger partial charge on any atom is -0.379 e. The van der Waals surface area contributed by atoms with E-state index in [1.165, 1.54) is 11.3 Å². The highest BCUT2D eigenvalue weighted by Crippen LogP contribution is 2.23. The van der Waals surface area contributed by atoms with E-state index in [1.807, 2.05) is 0 Å². The maximum atomic E-state index is 13.4. The summed E-state index contributed by atoms with van der Waals surface area (Å²) in [5.41, 5.74) is 0. The number of hydrogen-bond acceptors (Lipinski definition) is 8. The molecule has 0 saturated carbocycles. The third-order valence-corrected chi connectivity index (χ3v) is 9.29. The van der Waals surface area contributed by atoms with Crippen molar-refractivity contribution in [2.75, 3.05) is 71.4 Å². The molecule has 0 unspecified atom stereocenters. The van der Waals surface area contributed by atoms with Crippen molar-refractivity contribution < 1.29 is 27.5 Å². The summed E-state index contributed by atoms with van der Waals surface area (Å²) >= 11 is 7.27. The zero-order chi connectivity index (χ0) is 24.8. The van der Waals surface area contributed by atoms with Gasteiger partial charge in [-0.15, -0.1) is 11.3 Å². The number of carbonyl (C=O) groups excluding carboxylic acids is 2. The highest BCUT2D eigenvalue weighted by Gasteiger charge is 2.41. The minimum atomic E-state index is -3.67. The van der Waals surface area contributed by atoms with E-state index in [0.717, 1.165) is 18.0 Å². The van der Waals surface area contributed by atoms with Gasteiger partial charge in [0.25, 0.3) is 0 Å². The van der Waals surface area contributed by atoms with Crippen LogP contribution < -0.4 is 4.72 Å². The van der Waals surface area contributed by atoms with E-state index < -0.39 is 22.1 Å². The number of hydrogen-bond donors (Lipinski definition) is 1. The fourth-order valence-corrected chi connectivity index (χ4v) is 7.13. The van der Waals surface area contributed by atoms with Crippen molar-refractivity contribution in [2.45, 2.75) is 31.3 Å². The molecule has 0 spiro atoms. The van der Waals surface area contributed by atoms with Crippen molar-refractivity contribution in [3.8, 4) is 0 Å². The number of nitrogens with zero attached hydrogens (tertiary/aromatic N) is 3. The summed E-state index contributed by atoms with van der Waals surface area (Å²) < 4.78 is 39.3. The number of morpholine rings is 2. The van der Waals surface area contributed by atoms with E-state index >= 15 is 0 Å². The number of rotatable bonds is 10. The van der Waals surface area contributed by atoms with Crippen LogP contribution in [0.5, 0.6) is 0 Å². The Morgan fingerprint density at radius 1 is 1.11 bits per heavy atom. The van der Waals surface area contributed by atoms with E-state index in [1.54, 1.807) is 21.9 Å². The fraction of sp³-hybridized carbons (Fsp3) is 0.727. The van der Waals surface area contributed by atoms with E-state index in [0.29, 0.717) is 76.2 Å². The lowest BCUT2D eigenvalue weighted by atomic mass is 10.1. The number of sulfonamides is 1. The quantitative estimate of drug-likeness (QED) is 0.451. The molecule has 10 nitrogen and oxygen atoms in total. The van der Waals surface area contributed by atoms with Gasteiger partial charge < -0.3 is 19.3 Å². The van der Waals surface area contributed by atoms with Gasteiger partial charge in [-0.3, -0.25) is 14.5 Å². The number of thiophene rings is 1. The van der Waals surface area contributed by atoms with Crippen molar-refractivity contribution in [3.05, 3.63) is 21.3 Å². The lowest BCUT2D eigenvalue weighted by molar-refractivity contribution is -0.147. The highest BCUT2D eigenvalue weighted by molar-refractivity contribution is 7.89. The molecule has 3 aliphatic heterocycles. The SMILES string of the molecule is O=C([C@H](CCN1CCOCC1)N1CC[C@H](NS(=O)(=O)CCc2ccc(Cl)s2)C1=O)N1CCOCC1. The first-order chi connectivity index (χ1) is 16.8. The van der Waals surface area contributed by atoms with Gasteiger partial charge >= 0.3 is 0 Å². The van der Waals surface area contributed by atoms with Gasteiger partial charge in [-0.2, -0.15) is 0 Å². The van der Waals surface area contributed by atoms with Crippen LogP contribution in [0.25, 0.3) is 0 Å². The summed E-state index contributed by atoms with van der Waals surface area (Å²) in [6.45, 7) is 5.88. The van der Waals surface area contributed by atoms with E-state index in [2.05, 4.69) is 9.62 Å². The van der Waals surface area contributed by atoms with Gasteiger partial charge in [-0.25, -0.2) is 13.1 Å². The van der Waals surface area contributed by atoms with E-state index in [-0.39, 0.29) is 17.6 Å². The fourth-order valence-electron chi connectivity index (χ4n) is 4.65. The van der Waals surface area contributed by atoms with Crippen LogP contribution >= 0.6 is 22.9 Å². The first-order valence-electron chi connectivity index (χ1n) is 12.0. The molecule has 3 saturated heterocycles. The number of aryl methyl sites for hydroxylation is 1. The number of likely N-dealkylation sites (tertiary alicyclic amines) is 1. The molecule has 4 heterocycles. The van der Waals surface area contributed by atoms with Crippen LogP contribution in [-0.4, -0.2) is 118 Å². The number of ether oxygens (including phenoxy) is 2. The molecule has 1 N–H and O–H groups in total. The number of amides is 2. The molecule has 4 rings (SSSR count). The number of carbonyl (C=O) groups is 2. The summed E-state index contributed by atoms with van der Waals surface area (Å²) in [5, 5.41) is 0. The summed E-state index contributed by atoms with van der Waals surface area (Å²) in [7, 11) is -3.67. The average molecular weight is 549 g/mol. The van der Waals surface area contributed by atoms with Crippen LogP contribution in [0.3, 0.4) is 0 Å². The summed E-state index contributed by atoms with van der Waals surface area (Å²) in [6.07, 6.45) is 1.17. The maximum absolute atomic E-state index is 13.4. The van der Waals surface area contributed by atoms with Crippen LogP contribution in [0, 0.1) is 0 Å². The van der Waals surface area contributed by atoms with Crippen molar-refractivity contribution in [3.63, 3.8) is 0 Å². The van der Waals surface area contributed by atoms with Crippen molar-refractivity contribution in [1.82, 2.24) is 19.4 Å². The molecule has 3 fully saturated rings. The molecule has 2 amide bonds. The molecule has 0 bridgehead atoms. The molecule has 1 aromatic rings. The second-order valence-corrected chi connectivity index (χ2v) is 12.6. The lowest BCUT2D eigenvalue weighted by Crippen LogP contribution is -2.54. The molecule has 0 aliphatic carbocycles. The van der Waals surface area contributed by atoms with Crippen molar-refractivity contribution >= 4 is 44.8 Å². The zero-order valence-electron chi connectivity index (χ0n) is 19.7. The molecule has 13 heteroatoms. The Hall–Kier alpha value is -1.28. The van der Waals surface area contributed by atoms with Crippen molar-refractivity contribution in [2.24, 2.45) is 0 Å². The van der Waals surface area contributed by atoms with Crippen LogP contribution in [0.1, 0.15) is 17.7 Å². The van der Waals surface area contributed by atoms with Gasteiger partial charge in [0.2, 0.25) is 21.8 Å². The Kier molecular flexibility index (Phi) is 9.41. The molecule has 2 atom stereocenters. The zero-order valence-corrected chi connectivity index (χ0v) is 22.1. The highest BCUT2D eigenvalue weighted by atomic mass is 35.5. The predicted octanol–water partition coefficient (Wildman–Crippen LogP) is 0.414. The second kappa shape index (κ2) is 12.3. The van der Waals surface area contributed by atoms with Crippen LogP contribution in [0.15, 0.2) is 12.1 Å². The Labute approximate surface area is 215 Å². The third kappa shape index (κ3) is 7.37. The van der Waals surface area contributed by atoms with E-state index in [4.69, 9.17) is 21.1 Å². The molecule has 3 aliphatic rings. The lowest BCUT2D eigenvalue weighted by Gasteiger charge is -2.36. The van der Waals surface area contributed by atoms with Gasteiger partial charge in [0, 0.05) is 44.1 Å². The third-order valence-electron chi connectivity index (χ3n) is 6.61. The number of nitrogens with one attached hydrogen (secondary N) is 1. The van der Waals surface area contributed by atoms with Gasteiger partial charge in [0.05, 0.1) is 36.5 Å². The van der Waals surface area contributed by atoms with Crippen LogP contribution in [0.4, 0.5) is 0 Å². The molecule has 35 heavy (non-hydrogen) atoms. The Bertz CT molecular complexity index is 978. The molecular weight excluding hydrogens is 516 g/mol. The predicted molar refractivity (Wildman–Crippen MR) is 133 cm³/mol. The largest absolute Gasteiger partial charge is 0.379 e. The molecular formula is C22H33ClN4O6S2. The topological polar surface area (TPSA) is 108 Å². The van der Waals surface area contributed by atoms with Gasteiger partial charge in [-0.1, -0.05) is 11.6 Å². The molecule has 1 aromatic heterocycles. The minimum absolute atomic E-state index is 0.0898. The smallest absolute Gasteiger partial charge is 0.245 e. The summed E-state index contributed by atoms with van der Waals surface area (Å²) in [6, 6.07) is 2.07. The summed E-state index contributed by atoms with van der Waals surface area (Å²) in [4.78, 5) is 33.2. The first kappa shape index (κ1) is 26.8. The normalized spacial score (nSPS) is 23.1. The summed E-state index contributed by atoms with van der Waals surface area (Å²) in [5.74, 6) is -0.546. The second-order valence-electron chi connectivity index (χ2n) is 8.96. The first-order valence-corrected chi connectivity index (χ1v) is 14.9. The average Bonchev–Trinajstić information content (AvgIpc) is 3.44. The maximum Gasteiger partial charge on any atom is 0.245 e. The monoisotopic (exact) mass is 548 g/mol. The van der Waals surface area contributed by atoms with Crippen molar-refractivity contribution in [1.29, 1.82) is 0 Å². The Balaban J connectivity index is 1.39. The van der Waals surface area contributed by atoms with E-state index in [9.17, 15) is 18.0 Å². The van der Waals surface area contributed by atoms with Gasteiger partial charge in [0.1, 0.15) is 12.1 Å². The van der Waals surface area contributed by atoms with Crippen LogP contribution in [-0.2, 0) is 35.5 Å². The molecule has 0 aromatic carbocycles. The molecule has 0 radical (unpaired) electrons.